The monoisotopic (exact) mass is 354 g/mol. The molecule has 0 atom stereocenters. The van der Waals surface area contributed by atoms with Crippen LogP contribution in [0.1, 0.15) is 35.4 Å². The van der Waals surface area contributed by atoms with Crippen LogP contribution in [0, 0.1) is 19.8 Å². The Morgan fingerprint density at radius 3 is 2.64 bits per heavy atom. The van der Waals surface area contributed by atoms with Crippen LogP contribution in [0.15, 0.2) is 10.7 Å². The van der Waals surface area contributed by atoms with E-state index in [1.165, 1.54) is 0 Å². The van der Waals surface area contributed by atoms with Gasteiger partial charge < -0.3 is 10.3 Å². The number of nitrogens with zero attached hydrogens (tertiary/aromatic N) is 1. The second kappa shape index (κ2) is 6.05. The summed E-state index contributed by atoms with van der Waals surface area (Å²) in [5.74, 6) is -1.99. The van der Waals surface area contributed by atoms with Crippen LogP contribution in [-0.4, -0.2) is 28.7 Å². The van der Waals surface area contributed by atoms with E-state index in [9.17, 15) is 22.8 Å². The predicted molar refractivity (Wildman–Crippen MR) is 84.4 cm³/mol. The van der Waals surface area contributed by atoms with Crippen LogP contribution in [-0.2, 0) is 16.1 Å². The minimum absolute atomic E-state index is 0.245. The van der Waals surface area contributed by atoms with Gasteiger partial charge in [-0.2, -0.15) is 18.3 Å². The molecule has 0 unspecified atom stereocenters. The smallest absolute Gasteiger partial charge is 0.359 e. The molecule has 134 valence electrons. The molecule has 0 saturated heterocycles. The Balaban J connectivity index is 1.82. The second-order valence-electron chi connectivity index (χ2n) is 6.22. The lowest BCUT2D eigenvalue weighted by atomic mass is 10.0. The van der Waals surface area contributed by atoms with E-state index in [1.807, 2.05) is 5.32 Å². The Bertz CT molecular complexity index is 801. The molecular formula is C16H17F3N4O2. The van der Waals surface area contributed by atoms with Crippen molar-refractivity contribution in [3.8, 4) is 0 Å². The molecule has 0 aromatic carbocycles. The summed E-state index contributed by atoms with van der Waals surface area (Å²) >= 11 is 0. The Hall–Kier alpha value is -2.58. The Morgan fingerprint density at radius 2 is 2.04 bits per heavy atom. The van der Waals surface area contributed by atoms with E-state index in [0.29, 0.717) is 28.1 Å². The van der Waals surface area contributed by atoms with Gasteiger partial charge in [0.1, 0.15) is 0 Å². The van der Waals surface area contributed by atoms with E-state index >= 15 is 0 Å². The lowest BCUT2D eigenvalue weighted by Gasteiger charge is -2.08. The minimum atomic E-state index is -4.92. The molecule has 0 bridgehead atoms. The zero-order chi connectivity index (χ0) is 18.4. The van der Waals surface area contributed by atoms with Gasteiger partial charge in [0.05, 0.1) is 11.3 Å². The highest BCUT2D eigenvalue weighted by Gasteiger charge is 2.38. The highest BCUT2D eigenvalue weighted by atomic mass is 19.4. The fourth-order valence-corrected chi connectivity index (χ4v) is 2.79. The molecule has 2 aliphatic rings. The van der Waals surface area contributed by atoms with E-state index in [-0.39, 0.29) is 18.4 Å². The summed E-state index contributed by atoms with van der Waals surface area (Å²) in [7, 11) is 0. The van der Waals surface area contributed by atoms with Crippen molar-refractivity contribution in [2.75, 3.05) is 0 Å². The van der Waals surface area contributed by atoms with Gasteiger partial charge in [-0.25, -0.2) is 5.43 Å². The summed E-state index contributed by atoms with van der Waals surface area (Å²) < 4.78 is 36.9. The summed E-state index contributed by atoms with van der Waals surface area (Å²) in [6, 6.07) is 0. The number of halogens is 3. The number of hydrazone groups is 1. The number of nitrogens with one attached hydrogen (secondary N) is 3. The van der Waals surface area contributed by atoms with Gasteiger partial charge in [-0.05, 0) is 43.9 Å². The van der Waals surface area contributed by atoms with E-state index in [0.717, 1.165) is 18.6 Å². The maximum atomic E-state index is 12.3. The van der Waals surface area contributed by atoms with Gasteiger partial charge >= 0.3 is 12.1 Å². The molecule has 25 heavy (non-hydrogen) atoms. The molecule has 3 N–H and O–H groups in total. The van der Waals surface area contributed by atoms with Gasteiger partial charge in [0.2, 0.25) is 0 Å². The van der Waals surface area contributed by atoms with E-state index in [4.69, 9.17) is 0 Å². The van der Waals surface area contributed by atoms with Gasteiger partial charge in [-0.15, -0.1) is 0 Å². The van der Waals surface area contributed by atoms with E-state index < -0.39 is 12.1 Å². The number of aromatic nitrogens is 1. The molecule has 3 rings (SSSR count). The largest absolute Gasteiger partial charge is 0.471 e. The molecule has 1 aliphatic heterocycles. The Kier molecular flexibility index (Phi) is 4.18. The average molecular weight is 354 g/mol. The van der Waals surface area contributed by atoms with Crippen molar-refractivity contribution >= 4 is 23.6 Å². The van der Waals surface area contributed by atoms with Crippen LogP contribution in [0.3, 0.4) is 0 Å². The number of carbonyl (C=O) groups is 2. The minimum Gasteiger partial charge on any atom is -0.359 e. The third-order valence-electron chi connectivity index (χ3n) is 4.37. The molecule has 0 radical (unpaired) electrons. The number of aromatic amines is 1. The van der Waals surface area contributed by atoms with Crippen molar-refractivity contribution in [1.82, 2.24) is 15.7 Å². The molecule has 6 nitrogen and oxygen atoms in total. The Labute approximate surface area is 141 Å². The van der Waals surface area contributed by atoms with Gasteiger partial charge in [-0.1, -0.05) is 0 Å². The van der Waals surface area contributed by atoms with E-state index in [1.54, 1.807) is 19.9 Å². The van der Waals surface area contributed by atoms with Gasteiger partial charge in [0.15, 0.2) is 0 Å². The fraction of sp³-hybridized carbons (Fsp3) is 0.438. The van der Waals surface area contributed by atoms with Crippen LogP contribution in [0.2, 0.25) is 0 Å². The number of amides is 2. The molecule has 2 heterocycles. The number of H-pyrrole nitrogens is 1. The number of rotatable bonds is 4. The third kappa shape index (κ3) is 3.45. The van der Waals surface area contributed by atoms with Crippen molar-refractivity contribution in [3.63, 3.8) is 0 Å². The summed E-state index contributed by atoms with van der Waals surface area (Å²) in [6.45, 7) is 3.19. The maximum Gasteiger partial charge on any atom is 0.471 e. The highest BCUT2D eigenvalue weighted by molar-refractivity contribution is 6.28. The Morgan fingerprint density at radius 1 is 1.36 bits per heavy atom. The second-order valence-corrected chi connectivity index (χ2v) is 6.22. The molecule has 1 saturated carbocycles. The van der Waals surface area contributed by atoms with Gasteiger partial charge in [-0.3, -0.25) is 9.59 Å². The standard InChI is InChI=1S/C16H17F3N4O2/c1-7-11(6-20-15(25)16(17,18)19)8(2)21-12(7)5-10-13(9-3-4-9)22-23-14(10)24/h5,9,21H,3-4,6H2,1-2H3,(H,20,25)(H,23,24)/b10-5+. The first-order valence-electron chi connectivity index (χ1n) is 7.81. The normalized spacial score (nSPS) is 19.2. The van der Waals surface area contributed by atoms with Crippen molar-refractivity contribution in [2.45, 2.75) is 39.4 Å². The molecule has 2 amide bonds. The zero-order valence-electron chi connectivity index (χ0n) is 13.7. The zero-order valence-corrected chi connectivity index (χ0v) is 13.7. The summed E-state index contributed by atoms with van der Waals surface area (Å²) in [4.78, 5) is 26.0. The molecule has 9 heteroatoms. The van der Waals surface area contributed by atoms with Gasteiger partial charge in [0.25, 0.3) is 5.91 Å². The first kappa shape index (κ1) is 17.2. The van der Waals surface area contributed by atoms with Gasteiger partial charge in [0, 0.05) is 23.9 Å². The number of hydrogen-bond donors (Lipinski definition) is 3. The van der Waals surface area contributed by atoms with Crippen molar-refractivity contribution < 1.29 is 22.8 Å². The predicted octanol–water partition coefficient (Wildman–Crippen LogP) is 2.09. The summed E-state index contributed by atoms with van der Waals surface area (Å²) in [5, 5.41) is 5.92. The van der Waals surface area contributed by atoms with Crippen LogP contribution < -0.4 is 10.7 Å². The maximum absolute atomic E-state index is 12.3. The summed E-state index contributed by atoms with van der Waals surface area (Å²) in [6.07, 6.45) is -1.28. The number of hydrogen-bond acceptors (Lipinski definition) is 3. The van der Waals surface area contributed by atoms with Crippen molar-refractivity contribution in [2.24, 2.45) is 11.0 Å². The van der Waals surface area contributed by atoms with Crippen LogP contribution in [0.5, 0.6) is 0 Å². The molecule has 1 aliphatic carbocycles. The number of aryl methyl sites for hydroxylation is 1. The molecule has 1 fully saturated rings. The van der Waals surface area contributed by atoms with Crippen molar-refractivity contribution in [3.05, 3.63) is 28.1 Å². The SMILES string of the molecule is Cc1[nH]c(/C=C2/C(=O)NN=C2C2CC2)c(C)c1CNC(=O)C(F)(F)F. The fourth-order valence-electron chi connectivity index (χ4n) is 2.79. The molecular weight excluding hydrogens is 337 g/mol. The molecule has 1 aromatic heterocycles. The van der Waals surface area contributed by atoms with Crippen LogP contribution >= 0.6 is 0 Å². The first-order chi connectivity index (χ1) is 11.7. The number of alkyl halides is 3. The number of carbonyl (C=O) groups excluding carboxylic acids is 2. The van der Waals surface area contributed by atoms with Crippen LogP contribution in [0.25, 0.3) is 6.08 Å². The summed E-state index contributed by atoms with van der Waals surface area (Å²) in [5.41, 5.74) is 6.14. The lowest BCUT2D eigenvalue weighted by Crippen LogP contribution is -2.36. The third-order valence-corrected chi connectivity index (χ3v) is 4.37. The van der Waals surface area contributed by atoms with E-state index in [2.05, 4.69) is 15.5 Å². The average Bonchev–Trinajstić information content (AvgIpc) is 3.25. The van der Waals surface area contributed by atoms with Crippen LogP contribution in [0.4, 0.5) is 13.2 Å². The quantitative estimate of drug-likeness (QED) is 0.723. The highest BCUT2D eigenvalue weighted by Crippen LogP contribution is 2.35. The van der Waals surface area contributed by atoms with Crippen molar-refractivity contribution in [1.29, 1.82) is 0 Å². The lowest BCUT2D eigenvalue weighted by molar-refractivity contribution is -0.173. The first-order valence-corrected chi connectivity index (χ1v) is 7.81. The molecule has 1 aromatic rings. The molecule has 0 spiro atoms. The topological polar surface area (TPSA) is 86.3 Å².